The predicted octanol–water partition coefficient (Wildman–Crippen LogP) is 1.81. The zero-order valence-corrected chi connectivity index (χ0v) is 7.63. The molecule has 0 aromatic rings. The molecule has 0 heterocycles. The maximum absolute atomic E-state index is 10.3. The minimum absolute atomic E-state index is 0.608. The van der Waals surface area contributed by atoms with Gasteiger partial charge in [0.05, 0.1) is 5.70 Å². The second kappa shape index (κ2) is 6.40. The number of rotatable bonds is 5. The molecule has 0 unspecified atom stereocenters. The number of hydrogen-bond donors (Lipinski definition) is 1. The van der Waals surface area contributed by atoms with E-state index >= 15 is 0 Å². The van der Waals surface area contributed by atoms with Crippen LogP contribution in [0.15, 0.2) is 36.1 Å². The lowest BCUT2D eigenvalue weighted by Crippen LogP contribution is -2.16. The van der Waals surface area contributed by atoms with Gasteiger partial charge < -0.3 is 5.32 Å². The fourth-order valence-corrected chi connectivity index (χ4v) is 0.708. The number of hydrogen-bond acceptors (Lipinski definition) is 2. The number of carbonyl (C=O) groups excluding carboxylic acids is 1. The molecule has 0 aliphatic heterocycles. The van der Waals surface area contributed by atoms with Gasteiger partial charge in [-0.15, -0.1) is 0 Å². The van der Waals surface area contributed by atoms with Crippen LogP contribution in [0.3, 0.4) is 0 Å². The van der Waals surface area contributed by atoms with Crippen molar-refractivity contribution in [2.45, 2.75) is 13.8 Å². The summed E-state index contributed by atoms with van der Waals surface area (Å²) in [6.45, 7) is 8.06. The number of carbonyl (C=O) groups is 1. The summed E-state index contributed by atoms with van der Waals surface area (Å²) in [5, 5.41) is 2.97. The molecule has 0 rings (SSSR count). The molecule has 2 heteroatoms. The molecule has 0 aromatic carbocycles. The van der Waals surface area contributed by atoms with Crippen LogP contribution in [-0.4, -0.2) is 12.8 Å². The zero-order valence-electron chi connectivity index (χ0n) is 7.63. The molecule has 0 spiro atoms. The van der Waals surface area contributed by atoms with Gasteiger partial charge in [0.15, 0.2) is 6.29 Å². The third-order valence-corrected chi connectivity index (χ3v) is 1.57. The topological polar surface area (TPSA) is 29.1 Å². The van der Waals surface area contributed by atoms with Crippen LogP contribution in [0.2, 0.25) is 0 Å². The van der Waals surface area contributed by atoms with Crippen molar-refractivity contribution in [1.29, 1.82) is 0 Å². The summed E-state index contributed by atoms with van der Waals surface area (Å²) < 4.78 is 0. The minimum atomic E-state index is 0.608. The molecule has 2 nitrogen and oxygen atoms in total. The average Bonchev–Trinajstić information content (AvgIpc) is 2.13. The first kappa shape index (κ1) is 10.7. The largest absolute Gasteiger partial charge is 0.379 e. The van der Waals surface area contributed by atoms with Gasteiger partial charge in [0.1, 0.15) is 0 Å². The van der Waals surface area contributed by atoms with Crippen molar-refractivity contribution in [1.82, 2.24) is 5.32 Å². The first-order valence-corrected chi connectivity index (χ1v) is 3.91. The minimum Gasteiger partial charge on any atom is -0.379 e. The number of nitrogens with one attached hydrogen (secondary N) is 1. The lowest BCUT2D eigenvalue weighted by atomic mass is 10.2. The molecular weight excluding hydrogens is 150 g/mol. The van der Waals surface area contributed by atoms with Gasteiger partial charge in [0, 0.05) is 6.54 Å². The van der Waals surface area contributed by atoms with Crippen LogP contribution in [0.5, 0.6) is 0 Å². The molecule has 0 saturated heterocycles. The van der Waals surface area contributed by atoms with Crippen LogP contribution < -0.4 is 5.32 Å². The summed E-state index contributed by atoms with van der Waals surface area (Å²) in [5.74, 6) is 0. The van der Waals surface area contributed by atoms with Gasteiger partial charge in [-0.25, -0.2) is 0 Å². The molecule has 0 atom stereocenters. The second-order valence-corrected chi connectivity index (χ2v) is 2.28. The Bertz CT molecular complexity index is 190. The molecule has 0 aromatic heterocycles. The predicted molar refractivity (Wildman–Crippen MR) is 51.8 cm³/mol. The molecule has 1 N–H and O–H groups in total. The van der Waals surface area contributed by atoms with Gasteiger partial charge in [0.2, 0.25) is 0 Å². The lowest BCUT2D eigenvalue weighted by Gasteiger charge is -2.04. The van der Waals surface area contributed by atoms with Crippen molar-refractivity contribution >= 4 is 6.29 Å². The van der Waals surface area contributed by atoms with Gasteiger partial charge in [-0.1, -0.05) is 24.8 Å². The van der Waals surface area contributed by atoms with Crippen molar-refractivity contribution in [2.75, 3.05) is 6.54 Å². The Morgan fingerprint density at radius 3 is 2.42 bits per heavy atom. The Morgan fingerprint density at radius 2 is 2.08 bits per heavy atom. The van der Waals surface area contributed by atoms with E-state index in [-0.39, 0.29) is 0 Å². The Morgan fingerprint density at radius 1 is 1.42 bits per heavy atom. The molecule has 0 fully saturated rings. The highest BCUT2D eigenvalue weighted by Crippen LogP contribution is 1.93. The second-order valence-electron chi connectivity index (χ2n) is 2.28. The fraction of sp³-hybridized carbons (Fsp3) is 0.300. The Hall–Kier alpha value is -1.31. The molecule has 12 heavy (non-hydrogen) atoms. The van der Waals surface area contributed by atoms with E-state index in [2.05, 4.69) is 11.9 Å². The van der Waals surface area contributed by atoms with E-state index in [1.54, 1.807) is 12.2 Å². The summed E-state index contributed by atoms with van der Waals surface area (Å²) in [5.41, 5.74) is 1.69. The van der Waals surface area contributed by atoms with Crippen molar-refractivity contribution < 1.29 is 4.79 Å². The number of aldehydes is 1. The van der Waals surface area contributed by atoms with E-state index in [1.807, 2.05) is 19.9 Å². The normalized spacial score (nSPS) is 12.5. The smallest absolute Gasteiger partial charge is 0.165 e. The summed E-state index contributed by atoms with van der Waals surface area (Å²) in [4.78, 5) is 10.3. The van der Waals surface area contributed by atoms with E-state index < -0.39 is 0 Å². The SMILES string of the molecule is C=C/C(=C\C)CN/C(C=O)=C/C. The van der Waals surface area contributed by atoms with E-state index in [9.17, 15) is 4.79 Å². The fourth-order valence-electron chi connectivity index (χ4n) is 0.708. The summed E-state index contributed by atoms with van der Waals surface area (Å²) >= 11 is 0. The molecule has 0 radical (unpaired) electrons. The Balaban J connectivity index is 3.97. The highest BCUT2D eigenvalue weighted by Gasteiger charge is 1.92. The standard InChI is InChI=1S/C10H15NO/c1-4-9(5-2)7-11-10(6-3)8-12/h4-6,8,11H,1,7H2,2-3H3/b9-5+,10-6+. The van der Waals surface area contributed by atoms with E-state index in [0.29, 0.717) is 12.2 Å². The maximum Gasteiger partial charge on any atom is 0.165 e. The zero-order chi connectivity index (χ0) is 9.40. The van der Waals surface area contributed by atoms with Crippen LogP contribution >= 0.6 is 0 Å². The first-order valence-electron chi connectivity index (χ1n) is 3.91. The summed E-state index contributed by atoms with van der Waals surface area (Å²) in [7, 11) is 0. The van der Waals surface area contributed by atoms with Gasteiger partial charge in [-0.3, -0.25) is 4.79 Å². The monoisotopic (exact) mass is 165 g/mol. The van der Waals surface area contributed by atoms with Crippen LogP contribution in [0.1, 0.15) is 13.8 Å². The molecule has 0 bridgehead atoms. The molecule has 66 valence electrons. The maximum atomic E-state index is 10.3. The van der Waals surface area contributed by atoms with Gasteiger partial charge in [0.25, 0.3) is 0 Å². The van der Waals surface area contributed by atoms with Crippen molar-refractivity contribution in [3.63, 3.8) is 0 Å². The third kappa shape index (κ3) is 3.76. The highest BCUT2D eigenvalue weighted by molar-refractivity contribution is 5.72. The summed E-state index contributed by atoms with van der Waals surface area (Å²) in [6, 6.07) is 0. The molecule has 0 aliphatic carbocycles. The summed E-state index contributed by atoms with van der Waals surface area (Å²) in [6.07, 6.45) is 6.27. The molecule has 0 amide bonds. The number of allylic oxidation sites excluding steroid dienone is 3. The van der Waals surface area contributed by atoms with E-state index in [1.165, 1.54) is 0 Å². The highest BCUT2D eigenvalue weighted by atomic mass is 16.1. The average molecular weight is 165 g/mol. The van der Waals surface area contributed by atoms with Gasteiger partial charge in [-0.2, -0.15) is 0 Å². The van der Waals surface area contributed by atoms with Crippen LogP contribution in [0, 0.1) is 0 Å². The molecule has 0 saturated carbocycles. The van der Waals surface area contributed by atoms with Gasteiger partial charge >= 0.3 is 0 Å². The third-order valence-electron chi connectivity index (χ3n) is 1.57. The van der Waals surface area contributed by atoms with Crippen molar-refractivity contribution in [3.05, 3.63) is 36.1 Å². The Kier molecular flexibility index (Phi) is 5.70. The van der Waals surface area contributed by atoms with Crippen LogP contribution in [0.4, 0.5) is 0 Å². The van der Waals surface area contributed by atoms with E-state index in [4.69, 9.17) is 0 Å². The van der Waals surface area contributed by atoms with Crippen LogP contribution in [-0.2, 0) is 4.79 Å². The van der Waals surface area contributed by atoms with Crippen molar-refractivity contribution in [3.8, 4) is 0 Å². The van der Waals surface area contributed by atoms with E-state index in [0.717, 1.165) is 11.9 Å². The first-order chi connectivity index (χ1) is 5.78. The molecule has 0 aliphatic rings. The van der Waals surface area contributed by atoms with Crippen LogP contribution in [0.25, 0.3) is 0 Å². The van der Waals surface area contributed by atoms with Crippen molar-refractivity contribution in [2.24, 2.45) is 0 Å². The lowest BCUT2D eigenvalue weighted by molar-refractivity contribution is -0.105. The molecular formula is C10H15NO. The Labute approximate surface area is 73.7 Å². The quantitative estimate of drug-likeness (QED) is 0.382. The van der Waals surface area contributed by atoms with Gasteiger partial charge in [-0.05, 0) is 19.4 Å².